The van der Waals surface area contributed by atoms with Crippen LogP contribution >= 0.6 is 33.9 Å². The largest absolute Gasteiger partial charge is 0.493 e. The van der Waals surface area contributed by atoms with Gasteiger partial charge in [-0.2, -0.15) is 0 Å². The zero-order chi connectivity index (χ0) is 14.5. The summed E-state index contributed by atoms with van der Waals surface area (Å²) in [6, 6.07) is 7.46. The molecule has 1 aromatic heterocycles. The van der Waals surface area contributed by atoms with Crippen molar-refractivity contribution < 1.29 is 14.3 Å². The first-order valence-electron chi connectivity index (χ1n) is 5.87. The van der Waals surface area contributed by atoms with E-state index < -0.39 is 0 Å². The van der Waals surface area contributed by atoms with E-state index in [9.17, 15) is 4.79 Å². The van der Waals surface area contributed by atoms with Gasteiger partial charge in [-0.15, -0.1) is 11.3 Å². The van der Waals surface area contributed by atoms with Crippen LogP contribution in [0.3, 0.4) is 0 Å². The van der Waals surface area contributed by atoms with Crippen molar-refractivity contribution in [3.63, 3.8) is 0 Å². The Kier molecular flexibility index (Phi) is 5.24. The van der Waals surface area contributed by atoms with Crippen molar-refractivity contribution in [2.24, 2.45) is 0 Å². The molecule has 0 unspecified atom stereocenters. The minimum absolute atomic E-state index is 0.0704. The molecule has 1 aromatic carbocycles. The Morgan fingerprint density at radius 1 is 1.25 bits per heavy atom. The molecule has 0 aliphatic heterocycles. The Hall–Kier alpha value is -1.28. The van der Waals surface area contributed by atoms with Gasteiger partial charge < -0.3 is 14.8 Å². The smallest absolute Gasteiger partial charge is 0.252 e. The van der Waals surface area contributed by atoms with Gasteiger partial charge >= 0.3 is 0 Å². The fourth-order valence-electron chi connectivity index (χ4n) is 1.70. The van der Waals surface area contributed by atoms with E-state index in [1.807, 2.05) is 29.6 Å². The first kappa shape index (κ1) is 15.1. The topological polar surface area (TPSA) is 47.6 Å². The summed E-state index contributed by atoms with van der Waals surface area (Å²) in [6.07, 6.45) is 0. The summed E-state index contributed by atoms with van der Waals surface area (Å²) in [5.41, 5.74) is 1.65. The molecule has 4 nitrogen and oxygen atoms in total. The van der Waals surface area contributed by atoms with Gasteiger partial charge in [-0.3, -0.25) is 4.79 Å². The van der Waals surface area contributed by atoms with Gasteiger partial charge in [0.05, 0.1) is 22.7 Å². The number of amides is 1. The highest BCUT2D eigenvalue weighted by Gasteiger charge is 2.09. The highest BCUT2D eigenvalue weighted by Crippen LogP contribution is 2.27. The number of halogens is 1. The Morgan fingerprint density at radius 2 is 2.00 bits per heavy atom. The van der Waals surface area contributed by atoms with Crippen molar-refractivity contribution in [2.45, 2.75) is 6.54 Å². The molecule has 0 atom stereocenters. The number of ether oxygens (including phenoxy) is 2. The molecule has 20 heavy (non-hydrogen) atoms. The third-order valence-electron chi connectivity index (χ3n) is 2.73. The number of rotatable bonds is 5. The number of hydrogen-bond donors (Lipinski definition) is 1. The highest BCUT2D eigenvalue weighted by molar-refractivity contribution is 14.1. The predicted molar refractivity (Wildman–Crippen MR) is 87.8 cm³/mol. The van der Waals surface area contributed by atoms with Crippen LogP contribution in [0, 0.1) is 2.88 Å². The molecule has 0 saturated carbocycles. The lowest BCUT2D eigenvalue weighted by molar-refractivity contribution is 0.0951. The molecule has 2 aromatic rings. The van der Waals surface area contributed by atoms with E-state index in [2.05, 4.69) is 27.9 Å². The molecule has 0 aliphatic carbocycles. The van der Waals surface area contributed by atoms with Gasteiger partial charge in [0.2, 0.25) is 0 Å². The van der Waals surface area contributed by atoms with Crippen LogP contribution in [0.5, 0.6) is 11.5 Å². The fraction of sp³-hybridized carbons (Fsp3) is 0.214. The third-order valence-corrected chi connectivity index (χ3v) is 4.52. The van der Waals surface area contributed by atoms with Crippen LogP contribution in [0.2, 0.25) is 0 Å². The van der Waals surface area contributed by atoms with Gasteiger partial charge in [0, 0.05) is 11.9 Å². The average Bonchev–Trinajstić information content (AvgIpc) is 2.91. The van der Waals surface area contributed by atoms with Crippen LogP contribution in [0.15, 0.2) is 29.6 Å². The molecule has 1 heterocycles. The number of carbonyl (C=O) groups excluding carboxylic acids is 1. The van der Waals surface area contributed by atoms with Crippen molar-refractivity contribution in [1.82, 2.24) is 5.32 Å². The van der Waals surface area contributed by atoms with Crippen molar-refractivity contribution >= 4 is 39.8 Å². The lowest BCUT2D eigenvalue weighted by Gasteiger charge is -2.10. The SMILES string of the molecule is COc1ccc(CNC(=O)c2csc(I)c2)cc1OC. The normalized spacial score (nSPS) is 10.2. The summed E-state index contributed by atoms with van der Waals surface area (Å²) in [6.45, 7) is 0.450. The van der Waals surface area contributed by atoms with E-state index in [1.165, 1.54) is 0 Å². The first-order chi connectivity index (χ1) is 9.63. The Labute approximate surface area is 135 Å². The zero-order valence-corrected chi connectivity index (χ0v) is 14.1. The van der Waals surface area contributed by atoms with Crippen molar-refractivity contribution in [2.75, 3.05) is 14.2 Å². The second-order valence-electron chi connectivity index (χ2n) is 4.01. The van der Waals surface area contributed by atoms with E-state index in [0.29, 0.717) is 23.6 Å². The Morgan fingerprint density at radius 3 is 2.60 bits per heavy atom. The van der Waals surface area contributed by atoms with Gasteiger partial charge in [-0.05, 0) is 46.4 Å². The number of thiophene rings is 1. The first-order valence-corrected chi connectivity index (χ1v) is 7.83. The maximum atomic E-state index is 11.9. The molecule has 1 amide bonds. The van der Waals surface area contributed by atoms with Gasteiger partial charge in [0.15, 0.2) is 11.5 Å². The summed E-state index contributed by atoms with van der Waals surface area (Å²) in [5, 5.41) is 4.74. The van der Waals surface area contributed by atoms with E-state index in [0.717, 1.165) is 8.45 Å². The van der Waals surface area contributed by atoms with Crippen molar-refractivity contribution in [3.8, 4) is 11.5 Å². The molecule has 0 aliphatic rings. The lowest BCUT2D eigenvalue weighted by atomic mass is 10.2. The van der Waals surface area contributed by atoms with Crippen LogP contribution in [0.4, 0.5) is 0 Å². The van der Waals surface area contributed by atoms with Crippen LogP contribution < -0.4 is 14.8 Å². The quantitative estimate of drug-likeness (QED) is 0.780. The molecular weight excluding hydrogens is 389 g/mol. The van der Waals surface area contributed by atoms with Gasteiger partial charge in [-0.25, -0.2) is 0 Å². The minimum atomic E-state index is -0.0704. The second kappa shape index (κ2) is 6.94. The third kappa shape index (κ3) is 3.63. The van der Waals surface area contributed by atoms with Gasteiger partial charge in [0.1, 0.15) is 0 Å². The number of hydrogen-bond acceptors (Lipinski definition) is 4. The van der Waals surface area contributed by atoms with Gasteiger partial charge in [0.25, 0.3) is 5.91 Å². The second-order valence-corrected chi connectivity index (χ2v) is 6.82. The molecule has 0 bridgehead atoms. The zero-order valence-electron chi connectivity index (χ0n) is 11.1. The molecule has 1 N–H and O–H groups in total. The van der Waals surface area contributed by atoms with Crippen LogP contribution in [0.25, 0.3) is 0 Å². The molecule has 2 rings (SSSR count). The van der Waals surface area contributed by atoms with E-state index in [-0.39, 0.29) is 5.91 Å². The summed E-state index contributed by atoms with van der Waals surface area (Å²) >= 11 is 3.75. The number of carbonyl (C=O) groups is 1. The van der Waals surface area contributed by atoms with Crippen molar-refractivity contribution in [3.05, 3.63) is 43.7 Å². The Bertz CT molecular complexity index is 612. The van der Waals surface area contributed by atoms with Crippen molar-refractivity contribution in [1.29, 1.82) is 0 Å². The lowest BCUT2D eigenvalue weighted by Crippen LogP contribution is -2.22. The van der Waals surface area contributed by atoms with Gasteiger partial charge in [-0.1, -0.05) is 6.07 Å². The predicted octanol–water partition coefficient (Wildman–Crippen LogP) is 3.30. The minimum Gasteiger partial charge on any atom is -0.493 e. The molecule has 0 fully saturated rings. The molecule has 106 valence electrons. The van der Waals surface area contributed by atoms with Crippen LogP contribution in [-0.2, 0) is 6.54 Å². The molecule has 0 radical (unpaired) electrons. The monoisotopic (exact) mass is 403 g/mol. The maximum Gasteiger partial charge on any atom is 0.252 e. The van der Waals surface area contributed by atoms with E-state index >= 15 is 0 Å². The molecule has 0 spiro atoms. The number of methoxy groups -OCH3 is 2. The number of nitrogens with one attached hydrogen (secondary N) is 1. The van der Waals surface area contributed by atoms with Crippen LogP contribution in [-0.4, -0.2) is 20.1 Å². The molecule has 0 saturated heterocycles. The fourth-order valence-corrected chi connectivity index (χ4v) is 3.03. The highest BCUT2D eigenvalue weighted by atomic mass is 127. The summed E-state index contributed by atoms with van der Waals surface area (Å²) < 4.78 is 11.5. The summed E-state index contributed by atoms with van der Waals surface area (Å²) in [7, 11) is 3.19. The summed E-state index contributed by atoms with van der Waals surface area (Å²) in [5.74, 6) is 1.26. The number of benzene rings is 1. The average molecular weight is 403 g/mol. The van der Waals surface area contributed by atoms with E-state index in [4.69, 9.17) is 9.47 Å². The Balaban J connectivity index is 2.02. The maximum absolute atomic E-state index is 11.9. The molecule has 6 heteroatoms. The molecular formula is C14H14INO3S. The standard InChI is InChI=1S/C14H14INO3S/c1-18-11-4-3-9(5-12(11)19-2)7-16-14(17)10-6-13(15)20-8-10/h3-6,8H,7H2,1-2H3,(H,16,17). The summed E-state index contributed by atoms with van der Waals surface area (Å²) in [4.78, 5) is 11.9. The van der Waals surface area contributed by atoms with E-state index in [1.54, 1.807) is 25.6 Å². The van der Waals surface area contributed by atoms with Crippen LogP contribution in [0.1, 0.15) is 15.9 Å².